The van der Waals surface area contributed by atoms with Gasteiger partial charge in [0.2, 0.25) is 0 Å². The van der Waals surface area contributed by atoms with E-state index in [4.69, 9.17) is 16.7 Å². The van der Waals surface area contributed by atoms with Gasteiger partial charge in [-0.05, 0) is 26.2 Å². The van der Waals surface area contributed by atoms with E-state index >= 15 is 0 Å². The molecule has 100 valence electrons. The van der Waals surface area contributed by atoms with Gasteiger partial charge in [0.05, 0.1) is 9.21 Å². The summed E-state index contributed by atoms with van der Waals surface area (Å²) in [7, 11) is 3.73. The summed E-state index contributed by atoms with van der Waals surface area (Å²) in [6.45, 7) is 0.675. The number of nitrogens with zero attached hydrogens (tertiary/aromatic N) is 2. The van der Waals surface area contributed by atoms with Crippen LogP contribution < -0.4 is 0 Å². The molecule has 0 saturated carbocycles. The monoisotopic (exact) mass is 290 g/mol. The highest BCUT2D eigenvalue weighted by molar-refractivity contribution is 7.17. The highest BCUT2D eigenvalue weighted by atomic mass is 35.5. The number of halogens is 1. The van der Waals surface area contributed by atoms with Gasteiger partial charge < -0.3 is 14.9 Å². The van der Waals surface area contributed by atoms with Crippen LogP contribution in [0.15, 0.2) is 12.1 Å². The predicted molar refractivity (Wildman–Crippen MR) is 71.4 cm³/mol. The summed E-state index contributed by atoms with van der Waals surface area (Å²) in [5, 5.41) is 8.82. The van der Waals surface area contributed by atoms with Crippen molar-refractivity contribution in [1.82, 2.24) is 9.80 Å². The number of amides is 1. The van der Waals surface area contributed by atoms with Gasteiger partial charge >= 0.3 is 5.97 Å². The van der Waals surface area contributed by atoms with Gasteiger partial charge in [-0.1, -0.05) is 11.6 Å². The third kappa shape index (κ3) is 4.64. The summed E-state index contributed by atoms with van der Waals surface area (Å²) in [5.41, 5.74) is 0. The Morgan fingerprint density at radius 1 is 1.33 bits per heavy atom. The van der Waals surface area contributed by atoms with Crippen LogP contribution in [0.4, 0.5) is 0 Å². The Kier molecular flexibility index (Phi) is 5.58. The highest BCUT2D eigenvalue weighted by Crippen LogP contribution is 2.22. The maximum absolute atomic E-state index is 12.1. The van der Waals surface area contributed by atoms with E-state index in [1.807, 2.05) is 19.0 Å². The lowest BCUT2D eigenvalue weighted by Crippen LogP contribution is -2.39. The van der Waals surface area contributed by atoms with Gasteiger partial charge in [-0.2, -0.15) is 0 Å². The van der Waals surface area contributed by atoms with E-state index in [-0.39, 0.29) is 12.5 Å². The number of thiophene rings is 1. The van der Waals surface area contributed by atoms with Crippen LogP contribution in [0.5, 0.6) is 0 Å². The molecule has 0 saturated heterocycles. The van der Waals surface area contributed by atoms with Crippen LogP contribution in [-0.2, 0) is 4.79 Å². The van der Waals surface area contributed by atoms with Crippen LogP contribution in [0.25, 0.3) is 0 Å². The van der Waals surface area contributed by atoms with Gasteiger partial charge in [-0.25, -0.2) is 0 Å². The molecule has 18 heavy (non-hydrogen) atoms. The Labute approximate surface area is 115 Å². The molecule has 0 aromatic carbocycles. The van der Waals surface area contributed by atoms with Gasteiger partial charge in [0.15, 0.2) is 0 Å². The molecule has 0 aliphatic heterocycles. The minimum Gasteiger partial charge on any atom is -0.480 e. The number of carbonyl (C=O) groups is 2. The number of carbonyl (C=O) groups excluding carboxylic acids is 1. The molecule has 1 aromatic rings. The maximum Gasteiger partial charge on any atom is 0.323 e. The molecule has 1 N–H and O–H groups in total. The van der Waals surface area contributed by atoms with Crippen LogP contribution in [0, 0.1) is 0 Å². The first kappa shape index (κ1) is 14.9. The molecule has 1 amide bonds. The molecule has 0 fully saturated rings. The SMILES string of the molecule is CN(C)CCN(CC(=O)O)C(=O)c1ccc(Cl)s1. The first-order valence-electron chi connectivity index (χ1n) is 5.31. The normalized spacial score (nSPS) is 10.7. The maximum atomic E-state index is 12.1. The first-order chi connectivity index (χ1) is 8.40. The summed E-state index contributed by atoms with van der Waals surface area (Å²) in [4.78, 5) is 26.5. The van der Waals surface area contributed by atoms with Crippen molar-refractivity contribution in [3.63, 3.8) is 0 Å². The molecule has 7 heteroatoms. The number of carboxylic acids is 1. The van der Waals surface area contributed by atoms with Crippen LogP contribution >= 0.6 is 22.9 Å². The lowest BCUT2D eigenvalue weighted by Gasteiger charge is -2.22. The van der Waals surface area contributed by atoms with Crippen molar-refractivity contribution in [2.24, 2.45) is 0 Å². The van der Waals surface area contributed by atoms with Crippen LogP contribution in [0.1, 0.15) is 9.67 Å². The van der Waals surface area contributed by atoms with Crippen molar-refractivity contribution in [1.29, 1.82) is 0 Å². The smallest absolute Gasteiger partial charge is 0.323 e. The zero-order valence-corrected chi connectivity index (χ0v) is 11.8. The van der Waals surface area contributed by atoms with Crippen molar-refractivity contribution >= 4 is 34.8 Å². The summed E-state index contributed by atoms with van der Waals surface area (Å²) >= 11 is 6.92. The molecule has 0 aliphatic rings. The zero-order chi connectivity index (χ0) is 13.7. The zero-order valence-electron chi connectivity index (χ0n) is 10.2. The molecule has 0 unspecified atom stereocenters. The number of hydrogen-bond donors (Lipinski definition) is 1. The number of carboxylic acid groups (broad SMARTS) is 1. The van der Waals surface area contributed by atoms with Gasteiger partial charge in [-0.15, -0.1) is 11.3 Å². The summed E-state index contributed by atoms with van der Waals surface area (Å²) in [6, 6.07) is 3.24. The standard InChI is InChI=1S/C11H15ClN2O3S/c1-13(2)5-6-14(7-10(15)16)11(17)8-3-4-9(12)18-8/h3-4H,5-7H2,1-2H3,(H,15,16). The van der Waals surface area contributed by atoms with E-state index in [0.29, 0.717) is 22.3 Å². The molecule has 0 radical (unpaired) electrons. The average molecular weight is 291 g/mol. The van der Waals surface area contributed by atoms with Gasteiger partial charge in [0.1, 0.15) is 6.54 Å². The lowest BCUT2D eigenvalue weighted by atomic mass is 10.3. The van der Waals surface area contributed by atoms with Crippen molar-refractivity contribution in [2.45, 2.75) is 0 Å². The molecule has 0 spiro atoms. The molecule has 1 aromatic heterocycles. The van der Waals surface area contributed by atoms with Crippen LogP contribution in [0.2, 0.25) is 4.34 Å². The summed E-state index contributed by atoms with van der Waals surface area (Å²) in [5.74, 6) is -1.32. The second-order valence-electron chi connectivity index (χ2n) is 4.03. The Hall–Kier alpha value is -1.11. The third-order valence-electron chi connectivity index (χ3n) is 2.21. The quantitative estimate of drug-likeness (QED) is 0.862. The average Bonchev–Trinajstić information content (AvgIpc) is 2.69. The van der Waals surface area contributed by atoms with Crippen molar-refractivity contribution in [3.8, 4) is 0 Å². The van der Waals surface area contributed by atoms with E-state index in [9.17, 15) is 9.59 Å². The van der Waals surface area contributed by atoms with E-state index in [0.717, 1.165) is 11.3 Å². The van der Waals surface area contributed by atoms with Crippen LogP contribution in [0.3, 0.4) is 0 Å². The predicted octanol–water partition coefficient (Wildman–Crippen LogP) is 1.49. The third-order valence-corrected chi connectivity index (χ3v) is 3.43. The van der Waals surface area contributed by atoms with E-state index in [1.165, 1.54) is 4.90 Å². The fraction of sp³-hybridized carbons (Fsp3) is 0.455. The van der Waals surface area contributed by atoms with E-state index < -0.39 is 5.97 Å². The number of hydrogen-bond acceptors (Lipinski definition) is 4. The van der Waals surface area contributed by atoms with E-state index in [2.05, 4.69) is 0 Å². The fourth-order valence-corrected chi connectivity index (χ4v) is 2.33. The van der Waals surface area contributed by atoms with Crippen molar-refractivity contribution < 1.29 is 14.7 Å². The molecular weight excluding hydrogens is 276 g/mol. The Balaban J connectivity index is 2.75. The Bertz CT molecular complexity index is 434. The summed E-state index contributed by atoms with van der Waals surface area (Å²) < 4.78 is 0.515. The van der Waals surface area contributed by atoms with Gasteiger partial charge in [0, 0.05) is 13.1 Å². The molecule has 5 nitrogen and oxygen atoms in total. The van der Waals surface area contributed by atoms with Crippen molar-refractivity contribution in [2.75, 3.05) is 33.7 Å². The molecule has 0 bridgehead atoms. The molecule has 0 aliphatic carbocycles. The minimum absolute atomic E-state index is 0.295. The molecule has 1 heterocycles. The molecular formula is C11H15ClN2O3S. The topological polar surface area (TPSA) is 60.9 Å². The molecule has 1 rings (SSSR count). The second-order valence-corrected chi connectivity index (χ2v) is 5.74. The molecule has 0 atom stereocenters. The number of rotatable bonds is 6. The van der Waals surface area contributed by atoms with Crippen LogP contribution in [-0.4, -0.2) is 60.5 Å². The van der Waals surface area contributed by atoms with E-state index in [1.54, 1.807) is 12.1 Å². The van der Waals surface area contributed by atoms with Gasteiger partial charge in [-0.3, -0.25) is 9.59 Å². The fourth-order valence-electron chi connectivity index (χ4n) is 1.32. The second kappa shape index (κ2) is 6.72. The summed E-state index contributed by atoms with van der Waals surface area (Å²) in [6.07, 6.45) is 0. The lowest BCUT2D eigenvalue weighted by molar-refractivity contribution is -0.137. The first-order valence-corrected chi connectivity index (χ1v) is 6.50. The van der Waals surface area contributed by atoms with Gasteiger partial charge in [0.25, 0.3) is 5.91 Å². The Morgan fingerprint density at radius 3 is 2.44 bits per heavy atom. The Morgan fingerprint density at radius 2 is 2.00 bits per heavy atom. The largest absolute Gasteiger partial charge is 0.480 e. The minimum atomic E-state index is -1.02. The van der Waals surface area contributed by atoms with Crippen molar-refractivity contribution in [3.05, 3.63) is 21.3 Å². The number of aliphatic carboxylic acids is 1. The number of likely N-dealkylation sites (N-methyl/N-ethyl adjacent to an activating group) is 1. The highest BCUT2D eigenvalue weighted by Gasteiger charge is 2.19.